The van der Waals surface area contributed by atoms with Gasteiger partial charge in [0.25, 0.3) is 0 Å². The van der Waals surface area contributed by atoms with E-state index < -0.39 is 0 Å². The van der Waals surface area contributed by atoms with Crippen LogP contribution in [-0.2, 0) is 0 Å². The SMILES string of the molecule is C=C/C=c1/ncccc1=C. The number of aromatic nitrogens is 1. The summed E-state index contributed by atoms with van der Waals surface area (Å²) in [6, 6.07) is 3.78. The molecule has 0 saturated carbocycles. The Morgan fingerprint density at radius 2 is 2.30 bits per heavy atom. The van der Waals surface area contributed by atoms with Crippen LogP contribution in [0.4, 0.5) is 0 Å². The number of nitrogens with zero attached hydrogens (tertiary/aromatic N) is 1. The van der Waals surface area contributed by atoms with E-state index in [-0.39, 0.29) is 0 Å². The number of hydrogen-bond donors (Lipinski definition) is 0. The maximum atomic E-state index is 4.08. The largest absolute Gasteiger partial charge is 0.256 e. The lowest BCUT2D eigenvalue weighted by atomic mass is 10.3. The van der Waals surface area contributed by atoms with Crippen molar-refractivity contribution in [2.45, 2.75) is 0 Å². The van der Waals surface area contributed by atoms with E-state index in [0.29, 0.717) is 0 Å². The van der Waals surface area contributed by atoms with E-state index >= 15 is 0 Å². The Kier molecular flexibility index (Phi) is 2.00. The molecule has 1 nitrogen and oxygen atoms in total. The van der Waals surface area contributed by atoms with Gasteiger partial charge in [0, 0.05) is 6.20 Å². The van der Waals surface area contributed by atoms with Crippen molar-refractivity contribution in [3.05, 3.63) is 41.6 Å². The zero-order chi connectivity index (χ0) is 7.40. The first-order valence-corrected chi connectivity index (χ1v) is 3.07. The van der Waals surface area contributed by atoms with Crippen LogP contribution < -0.4 is 10.6 Å². The zero-order valence-corrected chi connectivity index (χ0v) is 5.75. The van der Waals surface area contributed by atoms with E-state index in [1.54, 1.807) is 12.3 Å². The Morgan fingerprint density at radius 3 is 2.90 bits per heavy atom. The molecule has 0 spiro atoms. The molecule has 1 rings (SSSR count). The lowest BCUT2D eigenvalue weighted by Crippen LogP contribution is -2.25. The fourth-order valence-electron chi connectivity index (χ4n) is 0.713. The Labute approximate surface area is 60.0 Å². The van der Waals surface area contributed by atoms with Gasteiger partial charge in [-0.25, -0.2) is 0 Å². The minimum Gasteiger partial charge on any atom is -0.256 e. The smallest absolute Gasteiger partial charge is 0.0695 e. The van der Waals surface area contributed by atoms with E-state index in [1.165, 1.54) is 0 Å². The Hall–Kier alpha value is -1.37. The first-order chi connectivity index (χ1) is 4.84. The maximum absolute atomic E-state index is 4.08. The van der Waals surface area contributed by atoms with E-state index in [9.17, 15) is 0 Å². The molecule has 0 aliphatic rings. The molecule has 0 unspecified atom stereocenters. The standard InChI is InChI=1S/C9H9N/c1-3-5-9-8(2)6-4-7-10-9/h3-7H,1-2H2/b9-5+. The first-order valence-electron chi connectivity index (χ1n) is 3.07. The Balaban J connectivity index is 3.43. The van der Waals surface area contributed by atoms with Crippen molar-refractivity contribution in [1.29, 1.82) is 0 Å². The second-order valence-corrected chi connectivity index (χ2v) is 1.95. The molecule has 1 heteroatoms. The highest BCUT2D eigenvalue weighted by Crippen LogP contribution is 1.65. The highest BCUT2D eigenvalue weighted by atomic mass is 14.6. The van der Waals surface area contributed by atoms with Crippen molar-refractivity contribution in [3.8, 4) is 0 Å². The fourth-order valence-corrected chi connectivity index (χ4v) is 0.713. The van der Waals surface area contributed by atoms with Crippen molar-refractivity contribution >= 4 is 12.7 Å². The quantitative estimate of drug-likeness (QED) is 0.539. The highest BCUT2D eigenvalue weighted by Gasteiger charge is 1.76. The number of hydrogen-bond acceptors (Lipinski definition) is 1. The predicted molar refractivity (Wildman–Crippen MR) is 43.7 cm³/mol. The van der Waals surface area contributed by atoms with Gasteiger partial charge in [0.05, 0.1) is 5.35 Å². The molecule has 0 N–H and O–H groups in total. The average molecular weight is 131 g/mol. The van der Waals surface area contributed by atoms with Crippen LogP contribution in [0.1, 0.15) is 0 Å². The summed E-state index contributed by atoms with van der Waals surface area (Å²) in [6.07, 6.45) is 5.28. The van der Waals surface area contributed by atoms with Crippen LogP contribution in [0.2, 0.25) is 0 Å². The number of allylic oxidation sites excluding steroid dienone is 1. The summed E-state index contributed by atoms with van der Waals surface area (Å²) in [6.45, 7) is 7.37. The molecule has 0 atom stereocenters. The van der Waals surface area contributed by atoms with Crippen LogP contribution in [0, 0.1) is 0 Å². The van der Waals surface area contributed by atoms with Gasteiger partial charge in [0.15, 0.2) is 0 Å². The van der Waals surface area contributed by atoms with Crippen molar-refractivity contribution in [3.63, 3.8) is 0 Å². The van der Waals surface area contributed by atoms with Gasteiger partial charge < -0.3 is 0 Å². The minimum absolute atomic E-state index is 0.887. The van der Waals surface area contributed by atoms with E-state index in [2.05, 4.69) is 18.1 Å². The molecule has 0 radical (unpaired) electrons. The molecule has 10 heavy (non-hydrogen) atoms. The first kappa shape index (κ1) is 6.75. The maximum Gasteiger partial charge on any atom is 0.0695 e. The van der Waals surface area contributed by atoms with Crippen molar-refractivity contribution in [2.24, 2.45) is 0 Å². The highest BCUT2D eigenvalue weighted by molar-refractivity contribution is 5.32. The molecule has 0 aliphatic carbocycles. The van der Waals surface area contributed by atoms with Gasteiger partial charge in [-0.05, 0) is 17.4 Å². The molecule has 1 heterocycles. The van der Waals surface area contributed by atoms with Gasteiger partial charge >= 0.3 is 0 Å². The molecule has 1 aromatic rings. The van der Waals surface area contributed by atoms with Gasteiger partial charge in [0.1, 0.15) is 0 Å². The van der Waals surface area contributed by atoms with E-state index in [4.69, 9.17) is 0 Å². The van der Waals surface area contributed by atoms with Crippen molar-refractivity contribution in [1.82, 2.24) is 4.98 Å². The Morgan fingerprint density at radius 1 is 1.50 bits per heavy atom. The molecule has 0 aromatic carbocycles. The van der Waals surface area contributed by atoms with Crippen molar-refractivity contribution in [2.75, 3.05) is 0 Å². The lowest BCUT2D eigenvalue weighted by molar-refractivity contribution is 1.23. The molecular weight excluding hydrogens is 122 g/mol. The van der Waals surface area contributed by atoms with Crippen molar-refractivity contribution < 1.29 is 0 Å². The summed E-state index contributed by atoms with van der Waals surface area (Å²) in [5.41, 5.74) is 0. The van der Waals surface area contributed by atoms with Crippen LogP contribution >= 0.6 is 0 Å². The summed E-state index contributed by atoms with van der Waals surface area (Å²) in [4.78, 5) is 4.08. The summed E-state index contributed by atoms with van der Waals surface area (Å²) in [7, 11) is 0. The topological polar surface area (TPSA) is 12.9 Å². The van der Waals surface area contributed by atoms with Gasteiger partial charge in [-0.3, -0.25) is 4.98 Å². The molecule has 0 aliphatic heterocycles. The third kappa shape index (κ3) is 1.32. The summed E-state index contributed by atoms with van der Waals surface area (Å²) in [5, 5.41) is 1.82. The lowest BCUT2D eigenvalue weighted by Gasteiger charge is -1.82. The second-order valence-electron chi connectivity index (χ2n) is 1.95. The summed E-state index contributed by atoms with van der Waals surface area (Å²) >= 11 is 0. The Bertz CT molecular complexity index is 325. The van der Waals surface area contributed by atoms with E-state index in [0.717, 1.165) is 10.6 Å². The molecule has 0 amide bonds. The summed E-state index contributed by atoms with van der Waals surface area (Å²) in [5.74, 6) is 0. The molecule has 0 fully saturated rings. The fraction of sp³-hybridized carbons (Fsp3) is 0. The minimum atomic E-state index is 0.887. The molecular formula is C9H9N. The zero-order valence-electron chi connectivity index (χ0n) is 5.75. The molecule has 0 saturated heterocycles. The summed E-state index contributed by atoms with van der Waals surface area (Å²) < 4.78 is 0. The number of rotatable bonds is 1. The second kappa shape index (κ2) is 2.97. The predicted octanol–water partition coefficient (Wildman–Crippen LogP) is 0.458. The van der Waals surface area contributed by atoms with E-state index in [1.807, 2.05) is 18.2 Å². The van der Waals surface area contributed by atoms with Crippen LogP contribution in [0.3, 0.4) is 0 Å². The van der Waals surface area contributed by atoms with Gasteiger partial charge in [-0.1, -0.05) is 25.3 Å². The normalized spacial score (nSPS) is 11.4. The molecule has 50 valence electrons. The van der Waals surface area contributed by atoms with Crippen LogP contribution in [0.5, 0.6) is 0 Å². The van der Waals surface area contributed by atoms with Gasteiger partial charge in [-0.15, -0.1) is 0 Å². The van der Waals surface area contributed by atoms with Gasteiger partial charge in [0.2, 0.25) is 0 Å². The van der Waals surface area contributed by atoms with Crippen LogP contribution in [0.15, 0.2) is 31.0 Å². The third-order valence-electron chi connectivity index (χ3n) is 1.20. The average Bonchev–Trinajstić information content (AvgIpc) is 1.94. The molecule has 0 bridgehead atoms. The van der Waals surface area contributed by atoms with Crippen LogP contribution in [0.25, 0.3) is 12.7 Å². The van der Waals surface area contributed by atoms with Crippen LogP contribution in [-0.4, -0.2) is 4.98 Å². The third-order valence-corrected chi connectivity index (χ3v) is 1.20. The number of pyridine rings is 1. The monoisotopic (exact) mass is 131 g/mol. The molecule has 1 aromatic heterocycles. The van der Waals surface area contributed by atoms with Gasteiger partial charge in [-0.2, -0.15) is 0 Å².